The van der Waals surface area contributed by atoms with Gasteiger partial charge in [-0.05, 0) is 29.9 Å². The van der Waals surface area contributed by atoms with Crippen LogP contribution in [0, 0.1) is 5.92 Å². The number of methoxy groups -OCH3 is 1. The second kappa shape index (κ2) is 13.3. The number of ether oxygens (including phenoxy) is 2. The fraction of sp³-hybridized carbons (Fsp3) is 0.393. The molecule has 1 aliphatic heterocycles. The third-order valence-corrected chi connectivity index (χ3v) is 6.92. The Morgan fingerprint density at radius 2 is 1.50 bits per heavy atom. The van der Waals surface area contributed by atoms with E-state index in [1.807, 2.05) is 12.1 Å². The largest absolute Gasteiger partial charge is 0.456 e. The second-order valence-electron chi connectivity index (χ2n) is 9.29. The second-order valence-corrected chi connectivity index (χ2v) is 9.85. The average molecular weight is 587 g/mol. The number of ketones is 2. The molecular weight excluding hydrogens is 556 g/mol. The molecule has 3 rings (SSSR count). The van der Waals surface area contributed by atoms with Crippen LogP contribution in [-0.2, 0) is 19.1 Å². The number of Topliss-reactive ketones (excluding diaryl/α,β-unsaturated/α-hetero) is 2. The lowest BCUT2D eigenvalue weighted by Crippen LogP contribution is -2.54. The van der Waals surface area contributed by atoms with E-state index in [0.29, 0.717) is 30.5 Å². The molecule has 0 aromatic heterocycles. The van der Waals surface area contributed by atoms with E-state index in [0.717, 1.165) is 11.1 Å². The van der Waals surface area contributed by atoms with E-state index < -0.39 is 36.7 Å². The molecule has 0 saturated carbocycles. The van der Waals surface area contributed by atoms with Crippen LogP contribution >= 0.6 is 15.9 Å². The summed E-state index contributed by atoms with van der Waals surface area (Å²) in [5.74, 6) is -1.64. The molecule has 0 bridgehead atoms. The number of benzene rings is 2. The minimum absolute atomic E-state index is 0.00488. The molecule has 2 aromatic carbocycles. The summed E-state index contributed by atoms with van der Waals surface area (Å²) in [5, 5.41) is 2.78. The summed E-state index contributed by atoms with van der Waals surface area (Å²) in [6, 6.07) is 12.4. The van der Waals surface area contributed by atoms with Crippen molar-refractivity contribution in [3.05, 3.63) is 59.7 Å². The maximum atomic E-state index is 13.1. The Balaban J connectivity index is 1.59. The summed E-state index contributed by atoms with van der Waals surface area (Å²) >= 11 is 3.16. The summed E-state index contributed by atoms with van der Waals surface area (Å²) in [4.78, 5) is 63.4. The van der Waals surface area contributed by atoms with Crippen molar-refractivity contribution in [2.24, 2.45) is 5.92 Å². The van der Waals surface area contributed by atoms with Gasteiger partial charge in [-0.3, -0.25) is 14.4 Å². The van der Waals surface area contributed by atoms with Crippen LogP contribution in [-0.4, -0.2) is 72.1 Å². The molecule has 1 heterocycles. The summed E-state index contributed by atoms with van der Waals surface area (Å²) in [5.41, 5.74) is 2.76. The maximum Gasteiger partial charge on any atom is 0.407 e. The Morgan fingerprint density at radius 3 is 2.00 bits per heavy atom. The highest BCUT2D eigenvalue weighted by Crippen LogP contribution is 2.23. The van der Waals surface area contributed by atoms with Crippen LogP contribution in [0.2, 0.25) is 0 Å². The molecule has 0 aliphatic carbocycles. The summed E-state index contributed by atoms with van der Waals surface area (Å²) < 4.78 is 9.91. The Bertz CT molecular complexity index is 1180. The van der Waals surface area contributed by atoms with Crippen LogP contribution in [0.15, 0.2) is 48.5 Å². The summed E-state index contributed by atoms with van der Waals surface area (Å²) in [6.45, 7) is 3.47. The number of likely N-dealkylation sites (tertiary alicyclic amines) is 1. The smallest absolute Gasteiger partial charge is 0.407 e. The number of carbonyl (C=O) groups excluding carboxylic acids is 5. The molecule has 0 spiro atoms. The highest BCUT2D eigenvalue weighted by molar-refractivity contribution is 9.09. The van der Waals surface area contributed by atoms with Gasteiger partial charge in [0.15, 0.2) is 18.2 Å². The molecule has 1 saturated heterocycles. The van der Waals surface area contributed by atoms with Crippen LogP contribution in [0.1, 0.15) is 47.4 Å². The van der Waals surface area contributed by atoms with Gasteiger partial charge in [-0.15, -0.1) is 0 Å². The molecule has 38 heavy (non-hydrogen) atoms. The molecule has 1 fully saturated rings. The number of carbonyl (C=O) groups is 5. The van der Waals surface area contributed by atoms with Gasteiger partial charge < -0.3 is 19.7 Å². The first-order chi connectivity index (χ1) is 18.2. The van der Waals surface area contributed by atoms with Crippen LogP contribution in [0.5, 0.6) is 0 Å². The van der Waals surface area contributed by atoms with Gasteiger partial charge in [-0.2, -0.15) is 0 Å². The Kier molecular flexibility index (Phi) is 10.2. The van der Waals surface area contributed by atoms with Crippen molar-refractivity contribution in [1.29, 1.82) is 0 Å². The Morgan fingerprint density at radius 1 is 0.947 bits per heavy atom. The van der Waals surface area contributed by atoms with Crippen molar-refractivity contribution in [3.8, 4) is 11.1 Å². The third kappa shape index (κ3) is 7.06. The number of alkyl carbamates (subject to hydrolysis) is 1. The number of rotatable bonds is 10. The quantitative estimate of drug-likeness (QED) is 0.253. The first kappa shape index (κ1) is 29.0. The molecule has 2 aromatic rings. The van der Waals surface area contributed by atoms with Gasteiger partial charge >= 0.3 is 12.1 Å². The highest BCUT2D eigenvalue weighted by atomic mass is 79.9. The Hall–Kier alpha value is -3.53. The van der Waals surface area contributed by atoms with Gasteiger partial charge in [0, 0.05) is 17.7 Å². The van der Waals surface area contributed by atoms with Gasteiger partial charge in [0.1, 0.15) is 12.1 Å². The molecule has 2 atom stereocenters. The van der Waals surface area contributed by atoms with Crippen molar-refractivity contribution >= 4 is 45.5 Å². The number of alkyl halides is 1. The van der Waals surface area contributed by atoms with E-state index in [4.69, 9.17) is 4.74 Å². The van der Waals surface area contributed by atoms with Gasteiger partial charge in [0.25, 0.3) is 0 Å². The number of amides is 2. The van der Waals surface area contributed by atoms with E-state index >= 15 is 0 Å². The topological polar surface area (TPSA) is 119 Å². The van der Waals surface area contributed by atoms with Gasteiger partial charge in [-0.1, -0.05) is 78.3 Å². The lowest BCUT2D eigenvalue weighted by atomic mass is 10.0. The van der Waals surface area contributed by atoms with Gasteiger partial charge in [0.2, 0.25) is 5.91 Å². The van der Waals surface area contributed by atoms with Crippen molar-refractivity contribution in [1.82, 2.24) is 10.2 Å². The number of esters is 1. The third-order valence-electron chi connectivity index (χ3n) is 6.41. The average Bonchev–Trinajstić information content (AvgIpc) is 3.43. The zero-order valence-electron chi connectivity index (χ0n) is 21.6. The molecular formula is C28H31BrN2O7. The summed E-state index contributed by atoms with van der Waals surface area (Å²) in [7, 11) is 1.21. The molecule has 9 nitrogen and oxygen atoms in total. The molecule has 1 aliphatic rings. The van der Waals surface area contributed by atoms with Crippen LogP contribution in [0.3, 0.4) is 0 Å². The number of hydrogen-bond acceptors (Lipinski definition) is 7. The van der Waals surface area contributed by atoms with E-state index in [9.17, 15) is 24.0 Å². The molecule has 202 valence electrons. The van der Waals surface area contributed by atoms with E-state index in [1.165, 1.54) is 12.0 Å². The molecule has 10 heteroatoms. The number of hydrogen-bond donors (Lipinski definition) is 1. The molecule has 2 amide bonds. The number of nitrogens with one attached hydrogen (secondary N) is 1. The summed E-state index contributed by atoms with van der Waals surface area (Å²) in [6.07, 6.45) is 0.292. The van der Waals surface area contributed by atoms with E-state index in [1.54, 1.807) is 50.2 Å². The Labute approximate surface area is 230 Å². The minimum Gasteiger partial charge on any atom is -0.456 e. The molecule has 1 N–H and O–H groups in total. The van der Waals surface area contributed by atoms with E-state index in [-0.39, 0.29) is 22.8 Å². The van der Waals surface area contributed by atoms with Crippen molar-refractivity contribution < 1.29 is 33.4 Å². The van der Waals surface area contributed by atoms with Crippen molar-refractivity contribution in [2.45, 2.75) is 38.8 Å². The first-order valence-corrected chi connectivity index (χ1v) is 13.4. The number of halogens is 1. The highest BCUT2D eigenvalue weighted by Gasteiger charge is 2.39. The standard InChI is InChI=1S/C28H31BrN2O7/c1-17(2)25(30-28(36)37-3)26(34)31-14-4-5-22(31)27(35)38-16-24(33)21-12-8-19(9-13-21)18-6-10-20(11-7-18)23(32)15-29/h6-13,17,22,25H,4-5,14-16H2,1-3H3,(H,30,36)/t22-,25-/m0/s1. The molecule has 0 radical (unpaired) electrons. The van der Waals surface area contributed by atoms with Crippen LogP contribution in [0.25, 0.3) is 11.1 Å². The molecule has 0 unspecified atom stereocenters. The predicted molar refractivity (Wildman–Crippen MR) is 144 cm³/mol. The minimum atomic E-state index is -0.850. The monoisotopic (exact) mass is 586 g/mol. The van der Waals surface area contributed by atoms with Crippen molar-refractivity contribution in [2.75, 3.05) is 25.6 Å². The van der Waals surface area contributed by atoms with E-state index in [2.05, 4.69) is 26.0 Å². The van der Waals surface area contributed by atoms with Crippen LogP contribution < -0.4 is 5.32 Å². The number of nitrogens with zero attached hydrogens (tertiary/aromatic N) is 1. The lowest BCUT2D eigenvalue weighted by Gasteiger charge is -2.29. The zero-order chi connectivity index (χ0) is 27.8. The van der Waals surface area contributed by atoms with Crippen LogP contribution in [0.4, 0.5) is 4.79 Å². The van der Waals surface area contributed by atoms with Gasteiger partial charge in [-0.25, -0.2) is 9.59 Å². The normalized spacial score (nSPS) is 15.6. The lowest BCUT2D eigenvalue weighted by molar-refractivity contribution is -0.153. The SMILES string of the molecule is COC(=O)N[C@H](C(=O)N1CCC[C@H]1C(=O)OCC(=O)c1ccc(-c2ccc(C(=O)CBr)cc2)cc1)C(C)C. The van der Waals surface area contributed by atoms with Crippen molar-refractivity contribution in [3.63, 3.8) is 0 Å². The predicted octanol–water partition coefficient (Wildman–Crippen LogP) is 4.03. The first-order valence-electron chi connectivity index (χ1n) is 12.3. The fourth-order valence-electron chi connectivity index (χ4n) is 4.24. The maximum absolute atomic E-state index is 13.1. The van der Waals surface area contributed by atoms with Gasteiger partial charge in [0.05, 0.1) is 12.4 Å². The fourth-order valence-corrected chi connectivity index (χ4v) is 4.57. The zero-order valence-corrected chi connectivity index (χ0v) is 23.2.